The summed E-state index contributed by atoms with van der Waals surface area (Å²) in [6.07, 6.45) is 5.68. The molecule has 0 aliphatic rings. The molecule has 0 amide bonds. The lowest BCUT2D eigenvalue weighted by Gasteiger charge is -2.19. The van der Waals surface area contributed by atoms with E-state index >= 15 is 0 Å². The number of benzene rings is 1. The molecule has 0 aliphatic heterocycles. The Morgan fingerprint density at radius 1 is 1.33 bits per heavy atom. The SMILES string of the molecule is CC/C(=C(/O)C(C)CC(C=O)CC)c1cc(C/C=C/F)ccc1C. The maximum atomic E-state index is 12.2. The van der Waals surface area contributed by atoms with Gasteiger partial charge in [0.2, 0.25) is 0 Å². The molecule has 0 fully saturated rings. The Hall–Kier alpha value is -1.90. The topological polar surface area (TPSA) is 37.3 Å². The van der Waals surface area contributed by atoms with Gasteiger partial charge in [0.05, 0.1) is 12.1 Å². The van der Waals surface area contributed by atoms with E-state index in [1.807, 2.05) is 45.9 Å². The summed E-state index contributed by atoms with van der Waals surface area (Å²) in [6.45, 7) is 7.97. The van der Waals surface area contributed by atoms with Crippen molar-refractivity contribution in [2.24, 2.45) is 11.8 Å². The number of carbonyl (C=O) groups is 1. The molecule has 2 nitrogen and oxygen atoms in total. The average Bonchev–Trinajstić information content (AvgIpc) is 2.60. The molecule has 0 spiro atoms. The van der Waals surface area contributed by atoms with Crippen molar-refractivity contribution in [1.82, 2.24) is 0 Å². The summed E-state index contributed by atoms with van der Waals surface area (Å²) in [7, 11) is 0. The fourth-order valence-electron chi connectivity index (χ4n) is 2.99. The number of allylic oxidation sites excluding steroid dienone is 3. The monoisotopic (exact) mass is 332 g/mol. The quantitative estimate of drug-likeness (QED) is 0.448. The first-order chi connectivity index (χ1) is 11.5. The Balaban J connectivity index is 3.20. The number of rotatable bonds is 9. The molecule has 0 bridgehead atoms. The van der Waals surface area contributed by atoms with Crippen LogP contribution in [0.3, 0.4) is 0 Å². The van der Waals surface area contributed by atoms with Gasteiger partial charge in [0, 0.05) is 11.8 Å². The first-order valence-corrected chi connectivity index (χ1v) is 8.70. The molecule has 0 heterocycles. The van der Waals surface area contributed by atoms with Crippen LogP contribution in [0.1, 0.15) is 56.7 Å². The van der Waals surface area contributed by atoms with Crippen LogP contribution < -0.4 is 0 Å². The summed E-state index contributed by atoms with van der Waals surface area (Å²) in [4.78, 5) is 11.1. The Bertz CT molecular complexity index is 602. The Morgan fingerprint density at radius 2 is 2.04 bits per heavy atom. The molecule has 1 N–H and O–H groups in total. The van der Waals surface area contributed by atoms with Crippen molar-refractivity contribution in [2.75, 3.05) is 0 Å². The highest BCUT2D eigenvalue weighted by molar-refractivity contribution is 5.70. The zero-order chi connectivity index (χ0) is 18.1. The highest BCUT2D eigenvalue weighted by Crippen LogP contribution is 2.31. The van der Waals surface area contributed by atoms with E-state index in [-0.39, 0.29) is 11.8 Å². The van der Waals surface area contributed by atoms with Crippen LogP contribution in [0, 0.1) is 18.8 Å². The molecule has 24 heavy (non-hydrogen) atoms. The molecule has 2 unspecified atom stereocenters. The Morgan fingerprint density at radius 3 is 2.58 bits per heavy atom. The second kappa shape index (κ2) is 10.1. The van der Waals surface area contributed by atoms with Crippen molar-refractivity contribution in [3.63, 3.8) is 0 Å². The largest absolute Gasteiger partial charge is 0.512 e. The van der Waals surface area contributed by atoms with E-state index in [9.17, 15) is 14.3 Å². The minimum Gasteiger partial charge on any atom is -0.512 e. The second-order valence-electron chi connectivity index (χ2n) is 6.37. The summed E-state index contributed by atoms with van der Waals surface area (Å²) in [6, 6.07) is 6.00. The predicted octanol–water partition coefficient (Wildman–Crippen LogP) is 5.95. The lowest BCUT2D eigenvalue weighted by atomic mass is 9.87. The molecule has 0 saturated heterocycles. The van der Waals surface area contributed by atoms with Crippen LogP contribution in [0.25, 0.3) is 5.57 Å². The minimum atomic E-state index is -0.0658. The van der Waals surface area contributed by atoms with Crippen molar-refractivity contribution in [2.45, 2.75) is 53.4 Å². The minimum absolute atomic E-state index is 0.0256. The van der Waals surface area contributed by atoms with E-state index in [0.717, 1.165) is 35.0 Å². The van der Waals surface area contributed by atoms with Gasteiger partial charge in [-0.05, 0) is 54.9 Å². The number of aryl methyl sites for hydroxylation is 1. The summed E-state index contributed by atoms with van der Waals surface area (Å²) in [5.74, 6) is 0.269. The van der Waals surface area contributed by atoms with Crippen LogP contribution in [-0.4, -0.2) is 11.4 Å². The molecule has 2 atom stereocenters. The van der Waals surface area contributed by atoms with E-state index in [4.69, 9.17) is 0 Å². The Kier molecular flexibility index (Phi) is 8.45. The van der Waals surface area contributed by atoms with Crippen molar-refractivity contribution in [1.29, 1.82) is 0 Å². The standard InChI is InChI=1S/C21H29FO2/c1-5-17(14-23)12-16(4)21(24)19(6-2)20-13-18(8-7-11-22)10-9-15(20)3/h7,9-11,13-14,16-17,24H,5-6,8,12H2,1-4H3/b11-7+,21-19-. The smallest absolute Gasteiger partial charge is 0.123 e. The van der Waals surface area contributed by atoms with Crippen molar-refractivity contribution in [3.8, 4) is 0 Å². The normalized spacial score (nSPS) is 15.2. The number of hydrogen-bond donors (Lipinski definition) is 1. The van der Waals surface area contributed by atoms with Gasteiger partial charge < -0.3 is 9.90 Å². The van der Waals surface area contributed by atoms with Crippen LogP contribution >= 0.6 is 0 Å². The van der Waals surface area contributed by atoms with Gasteiger partial charge in [-0.25, -0.2) is 4.39 Å². The maximum Gasteiger partial charge on any atom is 0.123 e. The highest BCUT2D eigenvalue weighted by Gasteiger charge is 2.19. The van der Waals surface area contributed by atoms with Crippen LogP contribution in [-0.2, 0) is 11.2 Å². The highest BCUT2D eigenvalue weighted by atomic mass is 19.1. The maximum absolute atomic E-state index is 12.2. The van der Waals surface area contributed by atoms with Crippen molar-refractivity contribution < 1.29 is 14.3 Å². The van der Waals surface area contributed by atoms with E-state index < -0.39 is 0 Å². The summed E-state index contributed by atoms with van der Waals surface area (Å²) < 4.78 is 12.2. The first-order valence-electron chi connectivity index (χ1n) is 8.70. The number of aliphatic hydroxyl groups is 1. The van der Waals surface area contributed by atoms with Gasteiger partial charge in [-0.1, -0.05) is 45.0 Å². The molecule has 1 aromatic rings. The summed E-state index contributed by atoms with van der Waals surface area (Å²) in [5, 5.41) is 10.8. The van der Waals surface area contributed by atoms with Gasteiger partial charge in [0.15, 0.2) is 0 Å². The first kappa shape index (κ1) is 20.1. The van der Waals surface area contributed by atoms with Crippen LogP contribution in [0.15, 0.2) is 36.4 Å². The molecule has 0 aromatic heterocycles. The average molecular weight is 332 g/mol. The van der Waals surface area contributed by atoms with Crippen LogP contribution in [0.4, 0.5) is 4.39 Å². The molecule has 1 rings (SSSR count). The fraction of sp³-hybridized carbons (Fsp3) is 0.476. The zero-order valence-electron chi connectivity index (χ0n) is 15.2. The summed E-state index contributed by atoms with van der Waals surface area (Å²) in [5.41, 5.74) is 4.01. The van der Waals surface area contributed by atoms with Crippen LogP contribution in [0.5, 0.6) is 0 Å². The van der Waals surface area contributed by atoms with Crippen LogP contribution in [0.2, 0.25) is 0 Å². The number of aldehydes is 1. The van der Waals surface area contributed by atoms with Gasteiger partial charge >= 0.3 is 0 Å². The third kappa shape index (κ3) is 5.33. The fourth-order valence-corrected chi connectivity index (χ4v) is 2.99. The number of aliphatic hydroxyl groups excluding tert-OH is 1. The zero-order valence-corrected chi connectivity index (χ0v) is 15.2. The van der Waals surface area contributed by atoms with E-state index in [1.165, 1.54) is 6.08 Å². The molecule has 3 heteroatoms. The molecule has 0 radical (unpaired) electrons. The van der Waals surface area contributed by atoms with Gasteiger partial charge in [-0.3, -0.25) is 0 Å². The molecular formula is C21H29FO2. The van der Waals surface area contributed by atoms with E-state index in [1.54, 1.807) is 0 Å². The van der Waals surface area contributed by atoms with Gasteiger partial charge in [-0.2, -0.15) is 0 Å². The number of carbonyl (C=O) groups excluding carboxylic acids is 1. The third-order valence-corrected chi connectivity index (χ3v) is 4.57. The van der Waals surface area contributed by atoms with E-state index in [0.29, 0.717) is 31.4 Å². The molecular weight excluding hydrogens is 303 g/mol. The number of hydrogen-bond acceptors (Lipinski definition) is 2. The van der Waals surface area contributed by atoms with Crippen molar-refractivity contribution >= 4 is 11.9 Å². The molecule has 0 saturated carbocycles. The van der Waals surface area contributed by atoms with Gasteiger partial charge in [0.25, 0.3) is 0 Å². The lowest BCUT2D eigenvalue weighted by molar-refractivity contribution is -0.111. The molecule has 1 aromatic carbocycles. The second-order valence-corrected chi connectivity index (χ2v) is 6.37. The van der Waals surface area contributed by atoms with Crippen molar-refractivity contribution in [3.05, 3.63) is 53.1 Å². The number of halogens is 1. The predicted molar refractivity (Wildman–Crippen MR) is 98.6 cm³/mol. The van der Waals surface area contributed by atoms with Gasteiger partial charge in [0.1, 0.15) is 6.29 Å². The Labute approximate surface area is 145 Å². The third-order valence-electron chi connectivity index (χ3n) is 4.57. The summed E-state index contributed by atoms with van der Waals surface area (Å²) >= 11 is 0. The molecule has 0 aliphatic carbocycles. The van der Waals surface area contributed by atoms with Gasteiger partial charge in [-0.15, -0.1) is 0 Å². The molecule has 132 valence electrons. The lowest BCUT2D eigenvalue weighted by Crippen LogP contribution is -2.11. The van der Waals surface area contributed by atoms with E-state index in [2.05, 4.69) is 0 Å².